The first-order valence-electron chi connectivity index (χ1n) is 7.43. The molecule has 0 unspecified atom stereocenters. The summed E-state index contributed by atoms with van der Waals surface area (Å²) in [6.45, 7) is 7.08. The van der Waals surface area contributed by atoms with E-state index in [1.54, 1.807) is 0 Å². The van der Waals surface area contributed by atoms with Crippen LogP contribution in [0.3, 0.4) is 0 Å². The van der Waals surface area contributed by atoms with Gasteiger partial charge in [0.2, 0.25) is 0 Å². The summed E-state index contributed by atoms with van der Waals surface area (Å²) in [7, 11) is 0. The number of benzene rings is 1. The van der Waals surface area contributed by atoms with Crippen molar-refractivity contribution in [3.63, 3.8) is 0 Å². The maximum atomic E-state index is 13.5. The number of nitrogens with zero attached hydrogens (tertiary/aromatic N) is 1. The van der Waals surface area contributed by atoms with Gasteiger partial charge in [-0.05, 0) is 51.8 Å². The molecule has 0 aromatic heterocycles. The van der Waals surface area contributed by atoms with Crippen LogP contribution in [0, 0.1) is 5.82 Å². The van der Waals surface area contributed by atoms with Crippen LogP contribution in [0.2, 0.25) is 0 Å². The van der Waals surface area contributed by atoms with Gasteiger partial charge < -0.3 is 15.0 Å². The number of anilines is 1. The van der Waals surface area contributed by atoms with Crippen molar-refractivity contribution in [3.8, 4) is 0 Å². The molecule has 1 aromatic rings. The van der Waals surface area contributed by atoms with E-state index in [0.717, 1.165) is 36.1 Å². The Labute approximate surface area is 139 Å². The number of carbonyl (C=O) groups excluding carboxylic acids is 1. The van der Waals surface area contributed by atoms with E-state index in [-0.39, 0.29) is 18.0 Å². The molecule has 2 rings (SSSR count). The van der Waals surface area contributed by atoms with Crippen LogP contribution in [-0.4, -0.2) is 30.8 Å². The number of alkyl carbamates (subject to hydrolysis) is 1. The van der Waals surface area contributed by atoms with E-state index in [4.69, 9.17) is 4.74 Å². The van der Waals surface area contributed by atoms with Gasteiger partial charge in [-0.2, -0.15) is 0 Å². The lowest BCUT2D eigenvalue weighted by molar-refractivity contribution is 0.0497. The minimum absolute atomic E-state index is 0.100. The predicted molar refractivity (Wildman–Crippen MR) is 88.7 cm³/mol. The molecule has 0 atom stereocenters. The molecule has 0 radical (unpaired) electrons. The number of amides is 1. The number of rotatable bonds is 2. The zero-order chi connectivity index (χ0) is 16.3. The summed E-state index contributed by atoms with van der Waals surface area (Å²) in [4.78, 5) is 13.9. The monoisotopic (exact) mass is 372 g/mol. The third-order valence-corrected chi connectivity index (χ3v) is 3.89. The van der Waals surface area contributed by atoms with Crippen LogP contribution in [0.15, 0.2) is 22.7 Å². The molecule has 0 bridgehead atoms. The summed E-state index contributed by atoms with van der Waals surface area (Å²) < 4.78 is 19.5. The van der Waals surface area contributed by atoms with E-state index in [1.165, 1.54) is 12.1 Å². The highest BCUT2D eigenvalue weighted by molar-refractivity contribution is 9.10. The van der Waals surface area contributed by atoms with Crippen LogP contribution in [0.5, 0.6) is 0 Å². The smallest absolute Gasteiger partial charge is 0.407 e. The van der Waals surface area contributed by atoms with Crippen LogP contribution in [0.25, 0.3) is 0 Å². The lowest BCUT2D eigenvalue weighted by Crippen LogP contribution is -2.46. The molecule has 1 aliphatic heterocycles. The lowest BCUT2D eigenvalue weighted by atomic mass is 10.0. The number of carbonyl (C=O) groups is 1. The normalized spacial score (nSPS) is 16.5. The Bertz CT molecular complexity index is 517. The first-order valence-corrected chi connectivity index (χ1v) is 8.23. The van der Waals surface area contributed by atoms with Crippen molar-refractivity contribution in [1.82, 2.24) is 5.32 Å². The Morgan fingerprint density at radius 2 is 1.95 bits per heavy atom. The average molecular weight is 373 g/mol. The summed E-state index contributed by atoms with van der Waals surface area (Å²) in [6.07, 6.45) is 1.25. The van der Waals surface area contributed by atoms with E-state index in [0.29, 0.717) is 0 Å². The van der Waals surface area contributed by atoms with Gasteiger partial charge in [-0.15, -0.1) is 0 Å². The van der Waals surface area contributed by atoms with Crippen LogP contribution in [-0.2, 0) is 4.74 Å². The molecule has 1 saturated heterocycles. The number of hydrogen-bond donors (Lipinski definition) is 1. The number of nitrogens with one attached hydrogen (secondary N) is 1. The van der Waals surface area contributed by atoms with Gasteiger partial charge in [-0.1, -0.05) is 15.9 Å². The molecule has 1 amide bonds. The van der Waals surface area contributed by atoms with Crippen molar-refractivity contribution in [3.05, 3.63) is 28.5 Å². The van der Waals surface area contributed by atoms with E-state index in [1.807, 2.05) is 26.8 Å². The minimum atomic E-state index is -0.487. The van der Waals surface area contributed by atoms with Gasteiger partial charge in [0.15, 0.2) is 0 Å². The third kappa shape index (κ3) is 5.16. The molecule has 4 nitrogen and oxygen atoms in total. The second kappa shape index (κ2) is 6.86. The van der Waals surface area contributed by atoms with Crippen LogP contribution < -0.4 is 10.2 Å². The molecule has 1 fully saturated rings. The highest BCUT2D eigenvalue weighted by atomic mass is 79.9. The highest BCUT2D eigenvalue weighted by Crippen LogP contribution is 2.25. The molecule has 1 heterocycles. The molecular formula is C16H22BrFN2O2. The Balaban J connectivity index is 1.86. The van der Waals surface area contributed by atoms with Crippen molar-refractivity contribution >= 4 is 27.7 Å². The fraction of sp³-hybridized carbons (Fsp3) is 0.562. The Kier molecular flexibility index (Phi) is 5.32. The molecule has 0 saturated carbocycles. The zero-order valence-electron chi connectivity index (χ0n) is 13.2. The molecule has 1 N–H and O–H groups in total. The number of hydrogen-bond acceptors (Lipinski definition) is 3. The van der Waals surface area contributed by atoms with Crippen LogP contribution in [0.1, 0.15) is 33.6 Å². The number of piperidine rings is 1. The first kappa shape index (κ1) is 17.1. The van der Waals surface area contributed by atoms with E-state index < -0.39 is 5.60 Å². The van der Waals surface area contributed by atoms with Gasteiger partial charge in [-0.25, -0.2) is 9.18 Å². The molecule has 22 heavy (non-hydrogen) atoms. The molecule has 122 valence electrons. The number of ether oxygens (including phenoxy) is 1. The van der Waals surface area contributed by atoms with Gasteiger partial charge in [0, 0.05) is 29.3 Å². The highest BCUT2D eigenvalue weighted by Gasteiger charge is 2.24. The predicted octanol–water partition coefficient (Wildman–Crippen LogP) is 4.08. The first-order chi connectivity index (χ1) is 10.2. The summed E-state index contributed by atoms with van der Waals surface area (Å²) in [5.74, 6) is -0.252. The summed E-state index contributed by atoms with van der Waals surface area (Å²) >= 11 is 3.31. The quantitative estimate of drug-likeness (QED) is 0.850. The van der Waals surface area contributed by atoms with E-state index in [2.05, 4.69) is 26.1 Å². The second-order valence-corrected chi connectivity index (χ2v) is 7.45. The van der Waals surface area contributed by atoms with Crippen molar-refractivity contribution in [2.45, 2.75) is 45.3 Å². The molecule has 1 aromatic carbocycles. The summed E-state index contributed by atoms with van der Waals surface area (Å²) in [5, 5.41) is 2.90. The van der Waals surface area contributed by atoms with Gasteiger partial charge in [0.05, 0.1) is 0 Å². The van der Waals surface area contributed by atoms with Crippen molar-refractivity contribution in [2.24, 2.45) is 0 Å². The molecular weight excluding hydrogens is 351 g/mol. The fourth-order valence-corrected chi connectivity index (χ4v) is 2.93. The van der Waals surface area contributed by atoms with Crippen LogP contribution in [0.4, 0.5) is 14.9 Å². The van der Waals surface area contributed by atoms with Crippen molar-refractivity contribution in [2.75, 3.05) is 18.0 Å². The molecule has 6 heteroatoms. The molecule has 0 aliphatic carbocycles. The zero-order valence-corrected chi connectivity index (χ0v) is 14.7. The van der Waals surface area contributed by atoms with Gasteiger partial charge in [0.1, 0.15) is 11.4 Å². The fourth-order valence-electron chi connectivity index (χ4n) is 2.48. The van der Waals surface area contributed by atoms with Crippen molar-refractivity contribution < 1.29 is 13.9 Å². The Hall–Kier alpha value is -1.30. The average Bonchev–Trinajstić information content (AvgIpc) is 2.36. The Morgan fingerprint density at radius 1 is 1.32 bits per heavy atom. The third-order valence-electron chi connectivity index (χ3n) is 3.43. The molecule has 1 aliphatic rings. The van der Waals surface area contributed by atoms with E-state index in [9.17, 15) is 9.18 Å². The maximum absolute atomic E-state index is 13.5. The van der Waals surface area contributed by atoms with Gasteiger partial charge in [-0.3, -0.25) is 0 Å². The summed E-state index contributed by atoms with van der Waals surface area (Å²) in [5.41, 5.74) is 0.376. The second-order valence-electron chi connectivity index (χ2n) is 6.54. The van der Waals surface area contributed by atoms with Crippen LogP contribution >= 0.6 is 15.9 Å². The summed E-state index contributed by atoms with van der Waals surface area (Å²) in [6, 6.07) is 4.99. The molecule has 0 spiro atoms. The SMILES string of the molecule is CC(C)(C)OC(=O)NC1CCN(c2cc(F)cc(Br)c2)CC1. The van der Waals surface area contributed by atoms with Crippen molar-refractivity contribution in [1.29, 1.82) is 0 Å². The largest absolute Gasteiger partial charge is 0.444 e. The topological polar surface area (TPSA) is 41.6 Å². The minimum Gasteiger partial charge on any atom is -0.444 e. The number of halogens is 2. The van der Waals surface area contributed by atoms with Gasteiger partial charge >= 0.3 is 6.09 Å². The maximum Gasteiger partial charge on any atom is 0.407 e. The standard InChI is InChI=1S/C16H22BrFN2O2/c1-16(2,3)22-15(21)19-13-4-6-20(7-5-13)14-9-11(17)8-12(18)10-14/h8-10,13H,4-7H2,1-3H3,(H,19,21). The van der Waals surface area contributed by atoms with Gasteiger partial charge in [0.25, 0.3) is 0 Å². The lowest BCUT2D eigenvalue weighted by Gasteiger charge is -2.34. The Morgan fingerprint density at radius 3 is 2.50 bits per heavy atom. The van der Waals surface area contributed by atoms with E-state index >= 15 is 0 Å².